The van der Waals surface area contributed by atoms with Gasteiger partial charge in [0.25, 0.3) is 5.92 Å². The van der Waals surface area contributed by atoms with E-state index in [4.69, 9.17) is 16.3 Å². The number of ether oxygens (including phenoxy) is 1. The molecular weight excluding hydrogens is 452 g/mol. The van der Waals surface area contributed by atoms with Gasteiger partial charge in [0.1, 0.15) is 5.75 Å². The fraction of sp³-hybridized carbons (Fsp3) is 0.478. The number of carbonyl (C=O) groups excluding carboxylic acids is 1. The Morgan fingerprint density at radius 3 is 2.61 bits per heavy atom. The van der Waals surface area contributed by atoms with E-state index in [0.717, 1.165) is 0 Å². The van der Waals surface area contributed by atoms with E-state index in [1.165, 1.54) is 4.90 Å². The minimum absolute atomic E-state index is 0.254. The number of rotatable bonds is 8. The van der Waals surface area contributed by atoms with Gasteiger partial charge in [0.2, 0.25) is 0 Å². The van der Waals surface area contributed by atoms with Crippen LogP contribution in [0.25, 0.3) is 0 Å². The normalized spacial score (nSPS) is 19.4. The Hall–Kier alpha value is -2.49. The summed E-state index contributed by atoms with van der Waals surface area (Å²) in [6, 6.07) is 9.76. The monoisotopic (exact) mass is 481 g/mol. The average Bonchev–Trinajstić information content (AvgIpc) is 2.75. The van der Waals surface area contributed by atoms with Crippen molar-refractivity contribution in [3.05, 3.63) is 53.3 Å². The molecule has 0 bridgehead atoms. The highest BCUT2D eigenvalue weighted by Gasteiger charge is 2.38. The second-order valence-electron chi connectivity index (χ2n) is 8.56. The zero-order chi connectivity index (χ0) is 24.0. The number of hydrogen-bond acceptors (Lipinski definition) is 5. The summed E-state index contributed by atoms with van der Waals surface area (Å²) in [5.41, 5.74) is 1.32. The van der Waals surface area contributed by atoms with Gasteiger partial charge < -0.3 is 20.3 Å². The Bertz CT molecular complexity index is 912. The van der Waals surface area contributed by atoms with Gasteiger partial charge in [0.15, 0.2) is 0 Å². The molecule has 2 aromatic rings. The van der Waals surface area contributed by atoms with Crippen LogP contribution in [-0.4, -0.2) is 80.2 Å². The molecule has 3 rings (SSSR count). The number of urea groups is 1. The third kappa shape index (κ3) is 7.52. The molecule has 1 aromatic heterocycles. The van der Waals surface area contributed by atoms with Gasteiger partial charge in [-0.25, -0.2) is 13.6 Å². The van der Waals surface area contributed by atoms with Crippen LogP contribution in [0, 0.1) is 0 Å². The Kier molecular flexibility index (Phi) is 8.45. The average molecular weight is 482 g/mol. The maximum Gasteiger partial charge on any atom is 0.319 e. The Morgan fingerprint density at radius 2 is 2.00 bits per heavy atom. The molecule has 33 heavy (non-hydrogen) atoms. The van der Waals surface area contributed by atoms with Crippen molar-refractivity contribution in [3.8, 4) is 5.75 Å². The summed E-state index contributed by atoms with van der Waals surface area (Å²) in [5.74, 6) is -2.49. The Balaban J connectivity index is 1.72. The molecule has 0 saturated carbocycles. The molecule has 1 aromatic carbocycles. The molecular formula is C23H30ClF2N5O2. The van der Waals surface area contributed by atoms with Crippen LogP contribution in [-0.2, 0) is 0 Å². The zero-order valence-corrected chi connectivity index (χ0v) is 19.8. The number of piperidine rings is 1. The van der Waals surface area contributed by atoms with Crippen LogP contribution in [0.1, 0.15) is 18.0 Å². The number of carbonyl (C=O) groups is 1. The number of nitrogens with one attached hydrogen (secondary N) is 2. The quantitative estimate of drug-likeness (QED) is 0.598. The molecule has 1 aliphatic heterocycles. The summed E-state index contributed by atoms with van der Waals surface area (Å²) in [7, 11) is 4.82. The molecule has 2 N–H and O–H groups in total. The summed E-state index contributed by atoms with van der Waals surface area (Å²) in [6.07, 6.45) is 2.12. The smallest absolute Gasteiger partial charge is 0.319 e. The van der Waals surface area contributed by atoms with Gasteiger partial charge in [-0.2, -0.15) is 0 Å². The zero-order valence-electron chi connectivity index (χ0n) is 19.0. The minimum Gasteiger partial charge on any atom is -0.495 e. The number of nitrogens with zero attached hydrogens (tertiary/aromatic N) is 3. The maximum absolute atomic E-state index is 14.5. The van der Waals surface area contributed by atoms with E-state index < -0.39 is 5.92 Å². The van der Waals surface area contributed by atoms with Gasteiger partial charge in [-0.1, -0.05) is 11.6 Å². The highest BCUT2D eigenvalue weighted by Crippen LogP contribution is 2.29. The number of halogens is 3. The van der Waals surface area contributed by atoms with Gasteiger partial charge >= 0.3 is 6.03 Å². The number of benzene rings is 1. The highest BCUT2D eigenvalue weighted by atomic mass is 35.5. The fourth-order valence-electron chi connectivity index (χ4n) is 4.08. The number of hydrogen-bond donors (Lipinski definition) is 2. The van der Waals surface area contributed by atoms with Crippen LogP contribution in [0.3, 0.4) is 0 Å². The van der Waals surface area contributed by atoms with Crippen LogP contribution in [0.2, 0.25) is 5.02 Å². The Morgan fingerprint density at radius 1 is 1.27 bits per heavy atom. The van der Waals surface area contributed by atoms with E-state index in [0.29, 0.717) is 41.7 Å². The predicted molar refractivity (Wildman–Crippen MR) is 125 cm³/mol. The molecule has 10 heteroatoms. The van der Waals surface area contributed by atoms with Gasteiger partial charge in [-0.05, 0) is 56.9 Å². The first-order valence-corrected chi connectivity index (χ1v) is 11.1. The summed E-state index contributed by atoms with van der Waals surface area (Å²) in [4.78, 5) is 20.3. The van der Waals surface area contributed by atoms with Gasteiger partial charge in [0.05, 0.1) is 26.4 Å². The number of pyridine rings is 1. The number of amides is 2. The SMILES string of the molecule is COc1ccc([C@@H]2CN(CC(F)(F)CN(C)C)CC[C@H]2NC(=O)Nc2ccc(Cl)cc2)nc1. The lowest BCUT2D eigenvalue weighted by molar-refractivity contribution is -0.0552. The van der Waals surface area contributed by atoms with Crippen LogP contribution in [0.15, 0.2) is 42.6 Å². The Labute approximate surface area is 198 Å². The van der Waals surface area contributed by atoms with Crippen LogP contribution in [0.4, 0.5) is 19.3 Å². The largest absolute Gasteiger partial charge is 0.495 e. The molecule has 0 spiro atoms. The molecule has 1 aliphatic rings. The van der Waals surface area contributed by atoms with Gasteiger partial charge in [0, 0.05) is 41.5 Å². The number of likely N-dealkylation sites (tertiary alicyclic amines) is 1. The minimum atomic E-state index is -2.84. The molecule has 7 nitrogen and oxygen atoms in total. The van der Waals surface area contributed by atoms with Gasteiger partial charge in [-0.15, -0.1) is 0 Å². The standard InChI is InChI=1S/C23H30ClF2N5O2/c1-30(2)14-23(25,26)15-31-11-10-21(19(13-31)20-9-8-18(33-3)12-27-20)29-22(32)28-17-6-4-16(24)5-7-17/h4-9,12,19,21H,10-11,13-15H2,1-3H3,(H2,28,29,32)/t19-,21+/m0/s1. The van der Waals surface area contributed by atoms with Crippen molar-refractivity contribution in [2.45, 2.75) is 24.3 Å². The lowest BCUT2D eigenvalue weighted by Gasteiger charge is -2.40. The second-order valence-corrected chi connectivity index (χ2v) is 9.00. The van der Waals surface area contributed by atoms with Crippen molar-refractivity contribution in [2.24, 2.45) is 0 Å². The summed E-state index contributed by atoms with van der Waals surface area (Å²) in [5, 5.41) is 6.36. The first kappa shape index (κ1) is 25.1. The number of aromatic nitrogens is 1. The van der Waals surface area contributed by atoms with E-state index >= 15 is 0 Å². The predicted octanol–water partition coefficient (Wildman–Crippen LogP) is 3.92. The van der Waals surface area contributed by atoms with Crippen LogP contribution < -0.4 is 15.4 Å². The van der Waals surface area contributed by atoms with Crippen LogP contribution >= 0.6 is 11.6 Å². The maximum atomic E-state index is 14.5. The number of anilines is 1. The summed E-state index contributed by atoms with van der Waals surface area (Å²) >= 11 is 5.89. The summed E-state index contributed by atoms with van der Waals surface area (Å²) < 4.78 is 34.1. The van der Waals surface area contributed by atoms with Crippen molar-refractivity contribution in [3.63, 3.8) is 0 Å². The van der Waals surface area contributed by atoms with Crippen molar-refractivity contribution >= 4 is 23.3 Å². The van der Waals surface area contributed by atoms with E-state index in [1.807, 2.05) is 6.07 Å². The topological polar surface area (TPSA) is 69.7 Å². The third-order valence-corrected chi connectivity index (χ3v) is 5.74. The molecule has 180 valence electrons. The van der Waals surface area contributed by atoms with E-state index in [1.54, 1.807) is 62.6 Å². The van der Waals surface area contributed by atoms with Crippen molar-refractivity contribution in [2.75, 3.05) is 52.7 Å². The first-order valence-electron chi connectivity index (χ1n) is 10.7. The lowest BCUT2D eigenvalue weighted by Crippen LogP contribution is -2.53. The first-order chi connectivity index (χ1) is 15.6. The molecule has 2 atom stereocenters. The molecule has 0 aliphatic carbocycles. The van der Waals surface area contributed by atoms with Crippen molar-refractivity contribution in [1.29, 1.82) is 0 Å². The summed E-state index contributed by atoms with van der Waals surface area (Å²) in [6.45, 7) is 0.136. The van der Waals surface area contributed by atoms with Crippen LogP contribution in [0.5, 0.6) is 5.75 Å². The highest BCUT2D eigenvalue weighted by molar-refractivity contribution is 6.30. The molecule has 1 saturated heterocycles. The molecule has 2 amide bonds. The number of alkyl halides is 2. The molecule has 0 radical (unpaired) electrons. The third-order valence-electron chi connectivity index (χ3n) is 5.49. The van der Waals surface area contributed by atoms with E-state index in [9.17, 15) is 13.6 Å². The number of methoxy groups -OCH3 is 1. The molecule has 2 heterocycles. The molecule has 0 unspecified atom stereocenters. The second kappa shape index (κ2) is 11.1. The molecule has 1 fully saturated rings. The van der Waals surface area contributed by atoms with E-state index in [2.05, 4.69) is 15.6 Å². The van der Waals surface area contributed by atoms with Crippen molar-refractivity contribution in [1.82, 2.24) is 20.1 Å². The fourth-order valence-corrected chi connectivity index (χ4v) is 4.20. The van der Waals surface area contributed by atoms with Gasteiger partial charge in [-0.3, -0.25) is 9.88 Å². The lowest BCUT2D eigenvalue weighted by atomic mass is 9.88. The van der Waals surface area contributed by atoms with E-state index in [-0.39, 0.29) is 31.1 Å². The van der Waals surface area contributed by atoms with Crippen molar-refractivity contribution < 1.29 is 18.3 Å².